The van der Waals surface area contributed by atoms with E-state index in [4.69, 9.17) is 11.6 Å². The van der Waals surface area contributed by atoms with Crippen LogP contribution in [0, 0.1) is 0 Å². The third kappa shape index (κ3) is 2.30. The maximum absolute atomic E-state index is 11.3. The molecule has 1 amide bonds. The third-order valence-corrected chi connectivity index (χ3v) is 3.18. The smallest absolute Gasteiger partial charge is 0.242 e. The van der Waals surface area contributed by atoms with Crippen molar-refractivity contribution in [1.29, 1.82) is 0 Å². The van der Waals surface area contributed by atoms with Gasteiger partial charge in [0.2, 0.25) is 5.91 Å². The first kappa shape index (κ1) is 10.5. The molecule has 0 aliphatic carbocycles. The fraction of sp³-hybridized carbons (Fsp3) is 0.182. The molecule has 0 aliphatic heterocycles. The summed E-state index contributed by atoms with van der Waals surface area (Å²) in [4.78, 5) is 11.3. The molecule has 2 rings (SSSR count). The molecule has 0 saturated heterocycles. The van der Waals surface area contributed by atoms with Crippen molar-refractivity contribution in [2.75, 3.05) is 5.32 Å². The number of benzene rings is 1. The molecule has 15 heavy (non-hydrogen) atoms. The quantitative estimate of drug-likeness (QED) is 0.799. The van der Waals surface area contributed by atoms with Crippen LogP contribution in [0.1, 0.15) is 6.92 Å². The van der Waals surface area contributed by atoms with Crippen LogP contribution in [0.25, 0.3) is 10.1 Å². The molecule has 1 atom stereocenters. The average Bonchev–Trinajstić information content (AvgIpc) is 2.64. The van der Waals surface area contributed by atoms with Gasteiger partial charge in [0.1, 0.15) is 5.38 Å². The van der Waals surface area contributed by atoms with Gasteiger partial charge in [0, 0.05) is 10.4 Å². The number of thiophene rings is 1. The van der Waals surface area contributed by atoms with Crippen LogP contribution in [-0.4, -0.2) is 11.3 Å². The minimum atomic E-state index is -0.511. The highest BCUT2D eigenvalue weighted by Gasteiger charge is 2.09. The number of amides is 1. The Balaban J connectivity index is 2.25. The molecule has 1 aromatic carbocycles. The predicted octanol–water partition coefficient (Wildman–Crippen LogP) is 3.47. The SMILES string of the molecule is CC(Cl)C(=O)Nc1ccc2sccc2c1. The van der Waals surface area contributed by atoms with Gasteiger partial charge in [-0.05, 0) is 42.0 Å². The van der Waals surface area contributed by atoms with Crippen LogP contribution < -0.4 is 5.32 Å². The lowest BCUT2D eigenvalue weighted by molar-refractivity contribution is -0.115. The molecule has 2 nitrogen and oxygen atoms in total. The number of hydrogen-bond donors (Lipinski definition) is 1. The predicted molar refractivity (Wildman–Crippen MR) is 65.8 cm³/mol. The van der Waals surface area contributed by atoms with Crippen molar-refractivity contribution in [2.45, 2.75) is 12.3 Å². The molecule has 1 N–H and O–H groups in total. The van der Waals surface area contributed by atoms with Crippen molar-refractivity contribution in [3.8, 4) is 0 Å². The number of hydrogen-bond acceptors (Lipinski definition) is 2. The van der Waals surface area contributed by atoms with E-state index in [1.54, 1.807) is 18.3 Å². The number of nitrogens with one attached hydrogen (secondary N) is 1. The van der Waals surface area contributed by atoms with Gasteiger partial charge in [-0.1, -0.05) is 0 Å². The number of alkyl halides is 1. The first-order chi connectivity index (χ1) is 7.16. The Bertz CT molecular complexity index is 492. The zero-order valence-electron chi connectivity index (χ0n) is 8.16. The molecular weight excluding hydrogens is 230 g/mol. The number of halogens is 1. The second kappa shape index (κ2) is 4.21. The summed E-state index contributed by atoms with van der Waals surface area (Å²) < 4.78 is 1.21. The van der Waals surface area contributed by atoms with E-state index >= 15 is 0 Å². The summed E-state index contributed by atoms with van der Waals surface area (Å²) in [6, 6.07) is 7.85. The lowest BCUT2D eigenvalue weighted by Gasteiger charge is -2.06. The highest BCUT2D eigenvalue weighted by Crippen LogP contribution is 2.24. The van der Waals surface area contributed by atoms with Crippen molar-refractivity contribution in [3.05, 3.63) is 29.6 Å². The van der Waals surface area contributed by atoms with E-state index < -0.39 is 5.38 Å². The average molecular weight is 240 g/mol. The largest absolute Gasteiger partial charge is 0.325 e. The second-order valence-corrected chi connectivity index (χ2v) is 4.88. The highest BCUT2D eigenvalue weighted by atomic mass is 35.5. The normalized spacial score (nSPS) is 12.7. The fourth-order valence-electron chi connectivity index (χ4n) is 1.29. The molecule has 0 saturated carbocycles. The van der Waals surface area contributed by atoms with Gasteiger partial charge in [-0.25, -0.2) is 0 Å². The van der Waals surface area contributed by atoms with Crippen LogP contribution >= 0.6 is 22.9 Å². The third-order valence-electron chi connectivity index (χ3n) is 2.08. The van der Waals surface area contributed by atoms with Crippen LogP contribution in [0.15, 0.2) is 29.6 Å². The summed E-state index contributed by atoms with van der Waals surface area (Å²) >= 11 is 7.35. The first-order valence-corrected chi connectivity index (χ1v) is 5.90. The van der Waals surface area contributed by atoms with E-state index in [9.17, 15) is 4.79 Å². The molecule has 0 fully saturated rings. The Kier molecular flexibility index (Phi) is 2.93. The molecule has 4 heteroatoms. The molecule has 1 aromatic heterocycles. The van der Waals surface area contributed by atoms with Gasteiger partial charge in [-0.3, -0.25) is 4.79 Å². The number of carbonyl (C=O) groups excluding carboxylic acids is 1. The van der Waals surface area contributed by atoms with Crippen LogP contribution in [0.4, 0.5) is 5.69 Å². The molecule has 1 heterocycles. The second-order valence-electron chi connectivity index (χ2n) is 3.28. The zero-order chi connectivity index (χ0) is 10.8. The van der Waals surface area contributed by atoms with Crippen LogP contribution in [-0.2, 0) is 4.79 Å². The number of carbonyl (C=O) groups is 1. The van der Waals surface area contributed by atoms with Crippen molar-refractivity contribution in [2.24, 2.45) is 0 Å². The van der Waals surface area contributed by atoms with E-state index in [0.717, 1.165) is 11.1 Å². The van der Waals surface area contributed by atoms with E-state index in [2.05, 4.69) is 5.32 Å². The van der Waals surface area contributed by atoms with Gasteiger partial charge in [0.25, 0.3) is 0 Å². The van der Waals surface area contributed by atoms with Gasteiger partial charge in [-0.2, -0.15) is 0 Å². The fourth-order valence-corrected chi connectivity index (χ4v) is 2.11. The molecule has 0 spiro atoms. The maximum atomic E-state index is 11.3. The Hall–Kier alpha value is -1.06. The Labute approximate surface area is 96.9 Å². The van der Waals surface area contributed by atoms with Crippen molar-refractivity contribution < 1.29 is 4.79 Å². The number of anilines is 1. The zero-order valence-corrected chi connectivity index (χ0v) is 9.73. The van der Waals surface area contributed by atoms with Crippen LogP contribution in [0.2, 0.25) is 0 Å². The Morgan fingerprint density at radius 2 is 2.27 bits per heavy atom. The number of rotatable bonds is 2. The van der Waals surface area contributed by atoms with E-state index in [1.165, 1.54) is 4.70 Å². The van der Waals surface area contributed by atoms with E-state index in [-0.39, 0.29) is 5.91 Å². The molecule has 0 bridgehead atoms. The van der Waals surface area contributed by atoms with Crippen molar-refractivity contribution in [1.82, 2.24) is 0 Å². The van der Waals surface area contributed by atoms with E-state index in [1.807, 2.05) is 29.6 Å². The summed E-state index contributed by atoms with van der Waals surface area (Å²) in [5.74, 6) is -0.175. The topological polar surface area (TPSA) is 29.1 Å². The molecule has 78 valence electrons. The Morgan fingerprint density at radius 3 is 3.00 bits per heavy atom. The summed E-state index contributed by atoms with van der Waals surface area (Å²) in [7, 11) is 0. The van der Waals surface area contributed by atoms with Gasteiger partial charge >= 0.3 is 0 Å². The minimum absolute atomic E-state index is 0.175. The lowest BCUT2D eigenvalue weighted by Crippen LogP contribution is -2.20. The van der Waals surface area contributed by atoms with Gasteiger partial charge in [-0.15, -0.1) is 22.9 Å². The summed E-state index contributed by atoms with van der Waals surface area (Å²) in [5, 5.41) is 5.41. The molecule has 2 aromatic rings. The summed E-state index contributed by atoms with van der Waals surface area (Å²) in [6.07, 6.45) is 0. The van der Waals surface area contributed by atoms with Crippen molar-refractivity contribution >= 4 is 44.6 Å². The number of fused-ring (bicyclic) bond motifs is 1. The molecule has 0 aliphatic rings. The maximum Gasteiger partial charge on any atom is 0.242 e. The van der Waals surface area contributed by atoms with Crippen molar-refractivity contribution in [3.63, 3.8) is 0 Å². The minimum Gasteiger partial charge on any atom is -0.325 e. The first-order valence-electron chi connectivity index (χ1n) is 4.59. The summed E-state index contributed by atoms with van der Waals surface area (Å²) in [6.45, 7) is 1.65. The van der Waals surface area contributed by atoms with Gasteiger partial charge in [0.15, 0.2) is 0 Å². The van der Waals surface area contributed by atoms with E-state index in [0.29, 0.717) is 0 Å². The Morgan fingerprint density at radius 1 is 1.47 bits per heavy atom. The van der Waals surface area contributed by atoms with Crippen LogP contribution in [0.5, 0.6) is 0 Å². The lowest BCUT2D eigenvalue weighted by atomic mass is 10.2. The highest BCUT2D eigenvalue weighted by molar-refractivity contribution is 7.17. The monoisotopic (exact) mass is 239 g/mol. The summed E-state index contributed by atoms with van der Waals surface area (Å²) in [5.41, 5.74) is 0.790. The molecule has 1 unspecified atom stereocenters. The van der Waals surface area contributed by atoms with Gasteiger partial charge < -0.3 is 5.32 Å². The molecule has 0 radical (unpaired) electrons. The molecular formula is C11H10ClNOS. The van der Waals surface area contributed by atoms with Crippen LogP contribution in [0.3, 0.4) is 0 Å². The van der Waals surface area contributed by atoms with Gasteiger partial charge in [0.05, 0.1) is 0 Å². The standard InChI is InChI=1S/C11H10ClNOS/c1-7(12)11(14)13-9-2-3-10-8(6-9)4-5-15-10/h2-7H,1H3,(H,13,14).